The van der Waals surface area contributed by atoms with Crippen molar-refractivity contribution in [3.8, 4) is 0 Å². The SMILES string of the molecule is CCc1ccc(S(=O)(=O)NCCC2CCCNC2)s1.Cl. The summed E-state index contributed by atoms with van der Waals surface area (Å²) in [6.45, 7) is 4.68. The summed E-state index contributed by atoms with van der Waals surface area (Å²) in [6.07, 6.45) is 4.20. The minimum atomic E-state index is -3.30. The van der Waals surface area contributed by atoms with E-state index in [0.29, 0.717) is 16.7 Å². The first-order valence-corrected chi connectivity index (χ1v) is 9.21. The van der Waals surface area contributed by atoms with E-state index in [0.717, 1.165) is 30.8 Å². The normalized spacial score (nSPS) is 19.6. The van der Waals surface area contributed by atoms with Gasteiger partial charge in [-0.2, -0.15) is 0 Å². The number of hydrogen-bond acceptors (Lipinski definition) is 4. The summed E-state index contributed by atoms with van der Waals surface area (Å²) in [5.41, 5.74) is 0. The average Bonchev–Trinajstić information content (AvgIpc) is 2.89. The van der Waals surface area contributed by atoms with E-state index in [1.807, 2.05) is 13.0 Å². The molecule has 0 spiro atoms. The highest BCUT2D eigenvalue weighted by atomic mass is 35.5. The number of rotatable bonds is 6. The van der Waals surface area contributed by atoms with Crippen molar-refractivity contribution in [2.45, 2.75) is 36.8 Å². The van der Waals surface area contributed by atoms with Crippen molar-refractivity contribution in [3.63, 3.8) is 0 Å². The molecular weight excluding hydrogens is 316 g/mol. The van der Waals surface area contributed by atoms with Crippen molar-refractivity contribution in [3.05, 3.63) is 17.0 Å². The van der Waals surface area contributed by atoms with Crippen LogP contribution in [-0.2, 0) is 16.4 Å². The summed E-state index contributed by atoms with van der Waals surface area (Å²) in [5.74, 6) is 0.603. The van der Waals surface area contributed by atoms with Crippen molar-refractivity contribution < 1.29 is 8.42 Å². The van der Waals surface area contributed by atoms with Gasteiger partial charge in [0.2, 0.25) is 10.0 Å². The number of thiophene rings is 1. The molecule has 1 unspecified atom stereocenters. The Kier molecular flexibility index (Phi) is 7.47. The van der Waals surface area contributed by atoms with Gasteiger partial charge in [0.05, 0.1) is 0 Å². The van der Waals surface area contributed by atoms with Gasteiger partial charge in [0.1, 0.15) is 4.21 Å². The Morgan fingerprint density at radius 2 is 2.25 bits per heavy atom. The predicted octanol–water partition coefficient (Wildman–Crippen LogP) is 2.40. The summed E-state index contributed by atoms with van der Waals surface area (Å²) in [7, 11) is -3.30. The maximum absolute atomic E-state index is 12.1. The summed E-state index contributed by atoms with van der Waals surface area (Å²) < 4.78 is 27.3. The molecule has 1 saturated heterocycles. The van der Waals surface area contributed by atoms with Gasteiger partial charge in [0.25, 0.3) is 0 Å². The molecule has 2 rings (SSSR count). The molecule has 1 fully saturated rings. The van der Waals surface area contributed by atoms with Gasteiger partial charge in [-0.05, 0) is 56.8 Å². The second-order valence-electron chi connectivity index (χ2n) is 4.97. The standard InChI is InChI=1S/C13H22N2O2S2.ClH/c1-2-12-5-6-13(18-12)19(16,17)15-9-7-11-4-3-8-14-10-11;/h5-6,11,14-15H,2-4,7-10H2,1H3;1H. The maximum Gasteiger partial charge on any atom is 0.250 e. The molecule has 0 bridgehead atoms. The van der Waals surface area contributed by atoms with Gasteiger partial charge >= 0.3 is 0 Å². The molecule has 1 aliphatic rings. The fourth-order valence-electron chi connectivity index (χ4n) is 2.33. The third kappa shape index (κ3) is 5.00. The zero-order valence-electron chi connectivity index (χ0n) is 11.7. The molecule has 1 atom stereocenters. The fraction of sp³-hybridized carbons (Fsp3) is 0.692. The largest absolute Gasteiger partial charge is 0.316 e. The Morgan fingerprint density at radius 3 is 2.85 bits per heavy atom. The Balaban J connectivity index is 0.00000200. The average molecular weight is 339 g/mol. The summed E-state index contributed by atoms with van der Waals surface area (Å²) in [4.78, 5) is 1.11. The molecular formula is C13H23ClN2O2S2. The molecule has 2 heterocycles. The van der Waals surface area contributed by atoms with Crippen LogP contribution in [0.1, 0.15) is 31.1 Å². The first-order valence-electron chi connectivity index (χ1n) is 6.91. The van der Waals surface area contributed by atoms with Crippen LogP contribution in [0.4, 0.5) is 0 Å². The van der Waals surface area contributed by atoms with Crippen molar-refractivity contribution >= 4 is 33.8 Å². The predicted molar refractivity (Wildman–Crippen MR) is 86.3 cm³/mol. The molecule has 1 aliphatic heterocycles. The van der Waals surface area contributed by atoms with Gasteiger partial charge in [-0.15, -0.1) is 23.7 Å². The number of nitrogens with one attached hydrogen (secondary N) is 2. The van der Waals surface area contributed by atoms with E-state index >= 15 is 0 Å². The maximum atomic E-state index is 12.1. The van der Waals surface area contributed by atoms with Crippen molar-refractivity contribution in [1.29, 1.82) is 0 Å². The quantitative estimate of drug-likeness (QED) is 0.837. The van der Waals surface area contributed by atoms with Crippen LogP contribution < -0.4 is 10.0 Å². The number of hydrogen-bond donors (Lipinski definition) is 2. The van der Waals surface area contributed by atoms with Gasteiger partial charge in [-0.25, -0.2) is 13.1 Å². The molecule has 1 aromatic rings. The van der Waals surface area contributed by atoms with E-state index in [1.165, 1.54) is 24.2 Å². The molecule has 0 aromatic carbocycles. The van der Waals surface area contributed by atoms with Crippen LogP contribution in [-0.4, -0.2) is 28.1 Å². The van der Waals surface area contributed by atoms with Crippen LogP contribution in [0.3, 0.4) is 0 Å². The molecule has 0 amide bonds. The lowest BCUT2D eigenvalue weighted by Gasteiger charge is -2.22. The van der Waals surface area contributed by atoms with E-state index < -0.39 is 10.0 Å². The molecule has 1 aromatic heterocycles. The van der Waals surface area contributed by atoms with Crippen LogP contribution >= 0.6 is 23.7 Å². The topological polar surface area (TPSA) is 58.2 Å². The molecule has 0 aliphatic carbocycles. The highest BCUT2D eigenvalue weighted by molar-refractivity contribution is 7.91. The van der Waals surface area contributed by atoms with E-state index in [4.69, 9.17) is 0 Å². The van der Waals surface area contributed by atoms with Crippen molar-refractivity contribution in [1.82, 2.24) is 10.0 Å². The van der Waals surface area contributed by atoms with Gasteiger partial charge in [0, 0.05) is 11.4 Å². The zero-order chi connectivity index (χ0) is 13.7. The molecule has 0 saturated carbocycles. The molecule has 0 radical (unpaired) electrons. The van der Waals surface area contributed by atoms with Crippen molar-refractivity contribution in [2.75, 3.05) is 19.6 Å². The van der Waals surface area contributed by atoms with E-state index in [9.17, 15) is 8.42 Å². The monoisotopic (exact) mass is 338 g/mol. The van der Waals surface area contributed by atoms with Crippen LogP contribution in [0.15, 0.2) is 16.3 Å². The first kappa shape index (κ1) is 17.9. The second kappa shape index (κ2) is 8.34. The number of halogens is 1. The molecule has 116 valence electrons. The number of sulfonamides is 1. The van der Waals surface area contributed by atoms with Crippen LogP contribution in [0.2, 0.25) is 0 Å². The van der Waals surface area contributed by atoms with E-state index in [1.54, 1.807) is 6.07 Å². The zero-order valence-corrected chi connectivity index (χ0v) is 14.2. The Bertz CT molecular complexity index is 496. The summed E-state index contributed by atoms with van der Waals surface area (Å²) in [6, 6.07) is 3.60. The highest BCUT2D eigenvalue weighted by Crippen LogP contribution is 2.22. The fourth-order valence-corrected chi connectivity index (χ4v) is 4.72. The minimum Gasteiger partial charge on any atom is -0.316 e. The van der Waals surface area contributed by atoms with Gasteiger partial charge < -0.3 is 5.32 Å². The number of piperidine rings is 1. The smallest absolute Gasteiger partial charge is 0.250 e. The number of aryl methyl sites for hydroxylation is 1. The van der Waals surface area contributed by atoms with Crippen molar-refractivity contribution in [2.24, 2.45) is 5.92 Å². The van der Waals surface area contributed by atoms with Crippen LogP contribution in [0.5, 0.6) is 0 Å². The summed E-state index contributed by atoms with van der Waals surface area (Å²) >= 11 is 1.36. The van der Waals surface area contributed by atoms with Gasteiger partial charge in [-0.3, -0.25) is 0 Å². The Hall–Kier alpha value is -0.140. The highest BCUT2D eigenvalue weighted by Gasteiger charge is 2.18. The summed E-state index contributed by atoms with van der Waals surface area (Å²) in [5, 5.41) is 3.35. The van der Waals surface area contributed by atoms with Gasteiger partial charge in [0.15, 0.2) is 0 Å². The molecule has 4 nitrogen and oxygen atoms in total. The Morgan fingerprint density at radius 1 is 1.45 bits per heavy atom. The third-order valence-corrected chi connectivity index (χ3v) is 6.68. The Labute approximate surface area is 131 Å². The van der Waals surface area contributed by atoms with E-state index in [2.05, 4.69) is 10.0 Å². The van der Waals surface area contributed by atoms with Gasteiger partial charge in [-0.1, -0.05) is 6.92 Å². The molecule has 2 N–H and O–H groups in total. The lowest BCUT2D eigenvalue weighted by molar-refractivity contribution is 0.358. The lowest BCUT2D eigenvalue weighted by Crippen LogP contribution is -2.33. The third-order valence-electron chi connectivity index (χ3n) is 3.49. The van der Waals surface area contributed by atoms with E-state index in [-0.39, 0.29) is 12.4 Å². The lowest BCUT2D eigenvalue weighted by atomic mass is 9.96. The molecule has 20 heavy (non-hydrogen) atoms. The minimum absolute atomic E-state index is 0. The molecule has 7 heteroatoms. The first-order chi connectivity index (χ1) is 9.12. The van der Waals surface area contributed by atoms with Crippen LogP contribution in [0.25, 0.3) is 0 Å². The second-order valence-corrected chi connectivity index (χ2v) is 8.14. The van der Waals surface area contributed by atoms with Crippen LogP contribution in [0, 0.1) is 5.92 Å².